The van der Waals surface area contributed by atoms with E-state index in [2.05, 4.69) is 4.72 Å². The fourth-order valence-electron chi connectivity index (χ4n) is 2.04. The second-order valence-corrected chi connectivity index (χ2v) is 7.06. The highest BCUT2D eigenvalue weighted by Crippen LogP contribution is 2.20. The van der Waals surface area contributed by atoms with Crippen molar-refractivity contribution in [1.29, 1.82) is 0 Å². The number of methoxy groups -OCH3 is 1. The number of aliphatic hydroxyl groups is 1. The molecule has 0 saturated heterocycles. The van der Waals surface area contributed by atoms with Gasteiger partial charge in [-0.2, -0.15) is 0 Å². The smallest absolute Gasteiger partial charge is 0.241 e. The molecule has 1 aromatic rings. The Morgan fingerprint density at radius 1 is 1.33 bits per heavy atom. The van der Waals surface area contributed by atoms with E-state index in [4.69, 9.17) is 4.74 Å². The number of rotatable bonds is 8. The zero-order valence-electron chi connectivity index (χ0n) is 13.1. The number of nitrogens with one attached hydrogen (secondary N) is 1. The van der Waals surface area contributed by atoms with E-state index in [9.17, 15) is 13.5 Å². The Morgan fingerprint density at radius 3 is 2.48 bits per heavy atom. The topological polar surface area (TPSA) is 75.6 Å². The molecular formula is C15H25NO4S. The summed E-state index contributed by atoms with van der Waals surface area (Å²) >= 11 is 0. The molecule has 0 aliphatic carbocycles. The van der Waals surface area contributed by atoms with Crippen LogP contribution in [-0.4, -0.2) is 33.3 Å². The van der Waals surface area contributed by atoms with Gasteiger partial charge in [-0.05, 0) is 29.5 Å². The number of hydrogen-bond acceptors (Lipinski definition) is 4. The quantitative estimate of drug-likeness (QED) is 0.765. The molecule has 1 rings (SSSR count). The molecule has 120 valence electrons. The van der Waals surface area contributed by atoms with Crippen LogP contribution in [0.4, 0.5) is 0 Å². The highest BCUT2D eigenvalue weighted by Gasteiger charge is 2.24. The van der Waals surface area contributed by atoms with E-state index in [0.29, 0.717) is 18.6 Å². The van der Waals surface area contributed by atoms with E-state index in [-0.39, 0.29) is 23.5 Å². The molecule has 5 nitrogen and oxygen atoms in total. The maximum atomic E-state index is 12.6. The Balaban J connectivity index is 3.17. The van der Waals surface area contributed by atoms with Crippen molar-refractivity contribution in [3.05, 3.63) is 29.3 Å². The zero-order chi connectivity index (χ0) is 16.0. The molecule has 0 amide bonds. The van der Waals surface area contributed by atoms with Gasteiger partial charge < -0.3 is 9.84 Å². The van der Waals surface area contributed by atoms with E-state index in [1.165, 1.54) is 6.07 Å². The summed E-state index contributed by atoms with van der Waals surface area (Å²) in [5.74, 6) is 0.117. The van der Waals surface area contributed by atoms with E-state index in [0.717, 1.165) is 5.56 Å². The zero-order valence-corrected chi connectivity index (χ0v) is 13.9. The molecule has 1 unspecified atom stereocenters. The van der Waals surface area contributed by atoms with Gasteiger partial charge in [0.1, 0.15) is 0 Å². The minimum Gasteiger partial charge on any atom is -0.392 e. The molecule has 0 radical (unpaired) electrons. The molecule has 21 heavy (non-hydrogen) atoms. The predicted octanol–water partition coefficient (Wildman–Crippen LogP) is 1.69. The van der Waals surface area contributed by atoms with Crippen molar-refractivity contribution >= 4 is 10.0 Å². The van der Waals surface area contributed by atoms with Gasteiger partial charge in [-0.15, -0.1) is 0 Å². The van der Waals surface area contributed by atoms with Crippen molar-refractivity contribution in [3.63, 3.8) is 0 Å². The number of hydrogen-bond donors (Lipinski definition) is 2. The summed E-state index contributed by atoms with van der Waals surface area (Å²) in [7, 11) is -2.09. The minimum atomic E-state index is -3.64. The first-order chi connectivity index (χ1) is 9.85. The molecule has 0 bridgehead atoms. The SMILES string of the molecule is CCc1ccc(CO)cc1S(=O)(=O)NC(COC)C(C)C. The van der Waals surface area contributed by atoms with Gasteiger partial charge in [0, 0.05) is 13.2 Å². The second kappa shape index (κ2) is 7.89. The van der Waals surface area contributed by atoms with Crippen molar-refractivity contribution in [1.82, 2.24) is 4.72 Å². The van der Waals surface area contributed by atoms with Crippen molar-refractivity contribution in [2.45, 2.75) is 44.7 Å². The van der Waals surface area contributed by atoms with Gasteiger partial charge in [0.2, 0.25) is 10.0 Å². The third-order valence-electron chi connectivity index (χ3n) is 3.44. The van der Waals surface area contributed by atoms with E-state index < -0.39 is 10.0 Å². The summed E-state index contributed by atoms with van der Waals surface area (Å²) in [6.45, 7) is 5.92. The van der Waals surface area contributed by atoms with Crippen LogP contribution in [0.2, 0.25) is 0 Å². The summed E-state index contributed by atoms with van der Waals surface area (Å²) in [4.78, 5) is 0.235. The fraction of sp³-hybridized carbons (Fsp3) is 0.600. The number of ether oxygens (including phenoxy) is 1. The highest BCUT2D eigenvalue weighted by molar-refractivity contribution is 7.89. The molecule has 1 atom stereocenters. The number of aliphatic hydroxyl groups excluding tert-OH is 1. The average molecular weight is 315 g/mol. The largest absolute Gasteiger partial charge is 0.392 e. The summed E-state index contributed by atoms with van der Waals surface area (Å²) in [6, 6.07) is 4.74. The molecular weight excluding hydrogens is 290 g/mol. The summed E-state index contributed by atoms with van der Waals surface area (Å²) in [5.41, 5.74) is 1.32. The van der Waals surface area contributed by atoms with Crippen molar-refractivity contribution in [3.8, 4) is 0 Å². The van der Waals surface area contributed by atoms with Crippen LogP contribution in [0.3, 0.4) is 0 Å². The van der Waals surface area contributed by atoms with Crippen LogP contribution in [-0.2, 0) is 27.8 Å². The maximum absolute atomic E-state index is 12.6. The first kappa shape index (κ1) is 18.1. The minimum absolute atomic E-state index is 0.117. The van der Waals surface area contributed by atoms with Gasteiger partial charge in [-0.3, -0.25) is 0 Å². The molecule has 0 saturated carbocycles. The van der Waals surface area contributed by atoms with Gasteiger partial charge in [0.05, 0.1) is 18.1 Å². The van der Waals surface area contributed by atoms with E-state index in [1.54, 1.807) is 19.2 Å². The fourth-order valence-corrected chi connectivity index (χ4v) is 3.77. The molecule has 6 heteroatoms. The normalized spacial score (nSPS) is 13.6. The lowest BCUT2D eigenvalue weighted by Crippen LogP contribution is -2.41. The Morgan fingerprint density at radius 2 is 2.00 bits per heavy atom. The third-order valence-corrected chi connectivity index (χ3v) is 5.01. The van der Waals surface area contributed by atoms with Gasteiger partial charge >= 0.3 is 0 Å². The third kappa shape index (κ3) is 4.78. The molecule has 0 spiro atoms. The summed E-state index contributed by atoms with van der Waals surface area (Å²) in [5, 5.41) is 9.21. The lowest BCUT2D eigenvalue weighted by Gasteiger charge is -2.22. The van der Waals surface area contributed by atoms with Gasteiger partial charge in [0.15, 0.2) is 0 Å². The van der Waals surface area contributed by atoms with Crippen LogP contribution < -0.4 is 4.72 Å². The average Bonchev–Trinajstić information content (AvgIpc) is 2.45. The number of benzene rings is 1. The molecule has 1 aromatic carbocycles. The molecule has 0 heterocycles. The van der Waals surface area contributed by atoms with Crippen molar-refractivity contribution in [2.24, 2.45) is 5.92 Å². The first-order valence-corrected chi connectivity index (χ1v) is 8.58. The van der Waals surface area contributed by atoms with E-state index in [1.807, 2.05) is 20.8 Å². The monoisotopic (exact) mass is 315 g/mol. The van der Waals surface area contributed by atoms with Gasteiger partial charge in [-0.1, -0.05) is 32.9 Å². The molecule has 0 fully saturated rings. The lowest BCUT2D eigenvalue weighted by atomic mass is 10.1. The molecule has 0 aliphatic heterocycles. The van der Waals surface area contributed by atoms with Gasteiger partial charge in [-0.25, -0.2) is 13.1 Å². The molecule has 0 aromatic heterocycles. The highest BCUT2D eigenvalue weighted by atomic mass is 32.2. The van der Waals surface area contributed by atoms with Crippen LogP contribution in [0.1, 0.15) is 31.9 Å². The van der Waals surface area contributed by atoms with Crippen molar-refractivity contribution < 1.29 is 18.3 Å². The molecule has 2 N–H and O–H groups in total. The Kier molecular flexibility index (Phi) is 6.80. The predicted molar refractivity (Wildman–Crippen MR) is 82.6 cm³/mol. The number of aryl methyl sites for hydroxylation is 1. The van der Waals surface area contributed by atoms with Gasteiger partial charge in [0.25, 0.3) is 0 Å². The van der Waals surface area contributed by atoms with Crippen molar-refractivity contribution in [2.75, 3.05) is 13.7 Å². The van der Waals surface area contributed by atoms with Crippen LogP contribution >= 0.6 is 0 Å². The van der Waals surface area contributed by atoms with Crippen LogP contribution in [0, 0.1) is 5.92 Å². The first-order valence-electron chi connectivity index (χ1n) is 7.09. The van der Waals surface area contributed by atoms with E-state index >= 15 is 0 Å². The lowest BCUT2D eigenvalue weighted by molar-refractivity contribution is 0.157. The Labute approximate surface area is 127 Å². The van der Waals surface area contributed by atoms with Crippen LogP contribution in [0.15, 0.2) is 23.1 Å². The standard InChI is InChI=1S/C15H25NO4S/c1-5-13-7-6-12(9-17)8-15(13)21(18,19)16-14(10-20-4)11(2)3/h6-8,11,14,16-17H,5,9-10H2,1-4H3. The summed E-state index contributed by atoms with van der Waals surface area (Å²) in [6.07, 6.45) is 0.610. The number of sulfonamides is 1. The Bertz CT molecular complexity index is 555. The van der Waals surface area contributed by atoms with Crippen LogP contribution in [0.5, 0.6) is 0 Å². The van der Waals surface area contributed by atoms with Crippen LogP contribution in [0.25, 0.3) is 0 Å². The Hall–Kier alpha value is -0.950. The summed E-state index contributed by atoms with van der Waals surface area (Å²) < 4.78 is 33.0. The maximum Gasteiger partial charge on any atom is 0.241 e. The molecule has 0 aliphatic rings. The second-order valence-electron chi connectivity index (χ2n) is 5.38.